The summed E-state index contributed by atoms with van der Waals surface area (Å²) in [5.74, 6) is -0.741. The van der Waals surface area contributed by atoms with Gasteiger partial charge >= 0.3 is 24.8 Å². The van der Waals surface area contributed by atoms with Crippen LogP contribution in [0.2, 0.25) is 0 Å². The topological polar surface area (TPSA) is 66.4 Å². The second kappa shape index (κ2) is 14.1. The van der Waals surface area contributed by atoms with Crippen molar-refractivity contribution < 1.29 is 35.0 Å². The minimum atomic E-state index is -1.02. The van der Waals surface area contributed by atoms with Gasteiger partial charge in [0.05, 0.1) is 0 Å². The molecule has 2 N–H and O–H groups in total. The third kappa shape index (κ3) is 7.42. The Morgan fingerprint density at radius 2 is 1.68 bits per heavy atom. The summed E-state index contributed by atoms with van der Waals surface area (Å²) in [6.07, 6.45) is 7.28. The summed E-state index contributed by atoms with van der Waals surface area (Å²) in [4.78, 5) is 25.0. The van der Waals surface area contributed by atoms with E-state index in [-0.39, 0.29) is 26.2 Å². The van der Waals surface area contributed by atoms with Gasteiger partial charge in [0.15, 0.2) is 0 Å². The number of carboxylic acid groups (broad SMARTS) is 1. The number of carbonyl (C=O) groups excluding carboxylic acids is 1. The zero-order valence-corrected chi connectivity index (χ0v) is 22.9. The van der Waals surface area contributed by atoms with Crippen LogP contribution in [0.5, 0.6) is 0 Å². The predicted molar refractivity (Wildman–Crippen MR) is 156 cm³/mol. The number of allylic oxidation sites excluding steroid dienone is 1. The summed E-state index contributed by atoms with van der Waals surface area (Å²) in [5, 5.41) is 14.8. The van der Waals surface area contributed by atoms with Crippen LogP contribution in [0, 0.1) is 6.92 Å². The second-order valence-electron chi connectivity index (χ2n) is 9.05. The van der Waals surface area contributed by atoms with E-state index >= 15 is 0 Å². The van der Waals surface area contributed by atoms with Crippen LogP contribution in [0.1, 0.15) is 34.9 Å². The first-order valence-corrected chi connectivity index (χ1v) is 13.7. The number of aliphatic carboxylic acids is 1. The zero-order chi connectivity index (χ0) is 26.2. The molecular formula is C32H32LiNO3S. The first-order chi connectivity index (χ1) is 18.0. The van der Waals surface area contributed by atoms with E-state index in [0.29, 0.717) is 17.7 Å². The Morgan fingerprint density at radius 1 is 0.947 bits per heavy atom. The fraction of sp³-hybridized carbons (Fsp3) is 0.188. The van der Waals surface area contributed by atoms with Crippen molar-refractivity contribution in [3.05, 3.63) is 113 Å². The molecule has 190 valence electrons. The van der Waals surface area contributed by atoms with Crippen molar-refractivity contribution >= 4 is 40.5 Å². The van der Waals surface area contributed by atoms with Crippen molar-refractivity contribution in [1.29, 1.82) is 0 Å². The van der Waals surface area contributed by atoms with Crippen molar-refractivity contribution in [2.75, 3.05) is 12.0 Å². The quantitative estimate of drug-likeness (QED) is 0.311. The molecule has 0 fully saturated rings. The number of carbonyl (C=O) groups is 2. The van der Waals surface area contributed by atoms with Crippen molar-refractivity contribution in [1.82, 2.24) is 5.32 Å². The molecule has 1 unspecified atom stereocenters. The van der Waals surface area contributed by atoms with Gasteiger partial charge < -0.3 is 11.8 Å². The van der Waals surface area contributed by atoms with Gasteiger partial charge in [-0.3, -0.25) is 4.79 Å². The first kappa shape index (κ1) is 29.3. The molecule has 0 aliphatic rings. The molecular weight excluding hydrogens is 485 g/mol. The Balaban J connectivity index is 0.00000267. The summed E-state index contributed by atoms with van der Waals surface area (Å²) in [6.45, 7) is 2.01. The molecule has 4 aromatic carbocycles. The molecule has 0 saturated heterocycles. The molecule has 0 aliphatic carbocycles. The monoisotopic (exact) mass is 517 g/mol. The van der Waals surface area contributed by atoms with Crippen LogP contribution in [-0.4, -0.2) is 35.0 Å². The molecule has 6 heteroatoms. The van der Waals surface area contributed by atoms with Gasteiger partial charge in [-0.2, -0.15) is 11.8 Å². The summed E-state index contributed by atoms with van der Waals surface area (Å²) in [5.41, 5.74) is 5.47. The van der Waals surface area contributed by atoms with Crippen molar-refractivity contribution in [2.24, 2.45) is 0 Å². The van der Waals surface area contributed by atoms with Crippen LogP contribution in [-0.2, 0) is 11.2 Å². The van der Waals surface area contributed by atoms with Gasteiger partial charge in [-0.15, -0.1) is 0 Å². The summed E-state index contributed by atoms with van der Waals surface area (Å²) < 4.78 is 0. The van der Waals surface area contributed by atoms with Crippen molar-refractivity contribution in [3.8, 4) is 11.1 Å². The van der Waals surface area contributed by atoms with Crippen LogP contribution in [0.4, 0.5) is 0 Å². The molecule has 0 aromatic heterocycles. The van der Waals surface area contributed by atoms with E-state index in [1.54, 1.807) is 17.8 Å². The summed E-state index contributed by atoms with van der Waals surface area (Å²) in [6, 6.07) is 27.5. The Morgan fingerprint density at radius 3 is 2.42 bits per heavy atom. The zero-order valence-electron chi connectivity index (χ0n) is 23.1. The predicted octanol–water partition coefficient (Wildman–Crippen LogP) is 4.12. The van der Waals surface area contributed by atoms with Gasteiger partial charge in [-0.05, 0) is 82.5 Å². The van der Waals surface area contributed by atoms with Crippen LogP contribution in [0.3, 0.4) is 0 Å². The maximum atomic E-state index is 13.2. The number of aryl methyl sites for hydroxylation is 1. The number of rotatable bonds is 10. The minimum absolute atomic E-state index is 0. The van der Waals surface area contributed by atoms with Crippen molar-refractivity contribution in [3.63, 3.8) is 0 Å². The molecule has 0 aliphatic heterocycles. The first-order valence-electron chi connectivity index (χ1n) is 12.3. The number of benzene rings is 4. The largest absolute Gasteiger partial charge is 1.00 e. The Kier molecular flexibility index (Phi) is 10.9. The molecule has 38 heavy (non-hydrogen) atoms. The van der Waals surface area contributed by atoms with Gasteiger partial charge in [0.1, 0.15) is 6.04 Å². The van der Waals surface area contributed by atoms with Gasteiger partial charge in [0.2, 0.25) is 0 Å². The molecule has 0 radical (unpaired) electrons. The van der Waals surface area contributed by atoms with E-state index in [2.05, 4.69) is 47.8 Å². The van der Waals surface area contributed by atoms with Crippen LogP contribution in [0.25, 0.3) is 28.0 Å². The average molecular weight is 518 g/mol. The summed E-state index contributed by atoms with van der Waals surface area (Å²) >= 11 is 1.56. The van der Waals surface area contributed by atoms with Gasteiger partial charge in [-0.25, -0.2) is 4.79 Å². The number of hydrogen-bond acceptors (Lipinski definition) is 3. The fourth-order valence-electron chi connectivity index (χ4n) is 4.39. The Bertz CT molecular complexity index is 1460. The van der Waals surface area contributed by atoms with Crippen LogP contribution in [0.15, 0.2) is 91.0 Å². The normalized spacial score (nSPS) is 11.7. The summed E-state index contributed by atoms with van der Waals surface area (Å²) in [7, 11) is 0. The number of fused-ring (bicyclic) bond motifs is 1. The van der Waals surface area contributed by atoms with E-state index in [0.717, 1.165) is 28.7 Å². The Labute approximate surface area is 242 Å². The van der Waals surface area contributed by atoms with E-state index in [1.807, 2.05) is 61.7 Å². The van der Waals surface area contributed by atoms with Gasteiger partial charge in [0, 0.05) is 5.56 Å². The molecule has 0 heterocycles. The second-order valence-corrected chi connectivity index (χ2v) is 10.0. The standard InChI is InChI=1S/C32H31NO3S.Li.H/c1-22-8-3-6-13-27(22)29-21-24(10-7-9-23-14-16-25-11-4-5-12-26(25)20-23)15-17-28(29)31(34)33-30(32(35)36)18-19-37-2;;/h3-8,10-17,20-21,30H,9,18-19H2,1-2H3,(H,33,34)(H,35,36);;/q;+1;-1/b10-7+;;. The molecule has 4 rings (SSSR count). The number of nitrogens with one attached hydrogen (secondary N) is 1. The molecule has 1 atom stereocenters. The van der Waals surface area contributed by atoms with Crippen molar-refractivity contribution in [2.45, 2.75) is 25.8 Å². The van der Waals surface area contributed by atoms with E-state index < -0.39 is 12.0 Å². The number of thioether (sulfide) groups is 1. The third-order valence-electron chi connectivity index (χ3n) is 6.42. The van der Waals surface area contributed by atoms with Crippen LogP contribution >= 0.6 is 11.8 Å². The average Bonchev–Trinajstić information content (AvgIpc) is 2.91. The van der Waals surface area contributed by atoms with E-state index in [4.69, 9.17) is 0 Å². The van der Waals surface area contributed by atoms with Gasteiger partial charge in [0.25, 0.3) is 5.91 Å². The Hall–Kier alpha value is -3.23. The maximum Gasteiger partial charge on any atom is 1.00 e. The molecule has 4 aromatic rings. The maximum absolute atomic E-state index is 13.2. The molecule has 4 nitrogen and oxygen atoms in total. The SMILES string of the molecule is CSCCC(NC(=O)c1ccc(/C=C/Cc2ccc3ccccc3c2)cc1-c1ccccc1C)C(=O)O.[H-].[Li+]. The van der Waals surface area contributed by atoms with E-state index in [1.165, 1.54) is 16.3 Å². The molecule has 1 amide bonds. The minimum Gasteiger partial charge on any atom is -1.00 e. The molecule has 0 bridgehead atoms. The number of carboxylic acids is 1. The van der Waals surface area contributed by atoms with Gasteiger partial charge in [-0.1, -0.05) is 84.9 Å². The van der Waals surface area contributed by atoms with Crippen LogP contribution < -0.4 is 24.2 Å². The van der Waals surface area contributed by atoms with E-state index in [9.17, 15) is 14.7 Å². The molecule has 0 saturated carbocycles. The third-order valence-corrected chi connectivity index (χ3v) is 7.06. The number of hydrogen-bond donors (Lipinski definition) is 2. The fourth-order valence-corrected chi connectivity index (χ4v) is 4.86. The molecule has 0 spiro atoms. The number of amides is 1. The smallest absolute Gasteiger partial charge is 1.00 e.